The van der Waals surface area contributed by atoms with E-state index < -0.39 is 12.3 Å². The Labute approximate surface area is 170 Å². The maximum absolute atomic E-state index is 12.0. The molecular formula is C26H22O3. The highest BCUT2D eigenvalue weighted by atomic mass is 16.7. The van der Waals surface area contributed by atoms with Crippen LogP contribution in [0, 0.1) is 0 Å². The first-order chi connectivity index (χ1) is 14.2. The summed E-state index contributed by atoms with van der Waals surface area (Å²) in [6, 6.07) is 28.7. The normalized spacial score (nSPS) is 12.3. The molecule has 3 heteroatoms. The minimum absolute atomic E-state index is 0.275. The molecule has 0 bridgehead atoms. The Morgan fingerprint density at radius 1 is 0.828 bits per heavy atom. The Morgan fingerprint density at radius 2 is 1.45 bits per heavy atom. The van der Waals surface area contributed by atoms with Gasteiger partial charge in [0.2, 0.25) is 0 Å². The Morgan fingerprint density at radius 3 is 2.14 bits per heavy atom. The highest BCUT2D eigenvalue weighted by Gasteiger charge is 2.15. The predicted molar refractivity (Wildman–Crippen MR) is 118 cm³/mol. The molecule has 29 heavy (non-hydrogen) atoms. The molecule has 0 saturated carbocycles. The van der Waals surface area contributed by atoms with Gasteiger partial charge in [0.05, 0.1) is 6.61 Å². The van der Waals surface area contributed by atoms with Crippen molar-refractivity contribution in [1.29, 1.82) is 0 Å². The molecule has 1 unspecified atom stereocenters. The third-order valence-corrected chi connectivity index (χ3v) is 4.82. The number of ether oxygens (including phenoxy) is 2. The van der Waals surface area contributed by atoms with Crippen molar-refractivity contribution in [2.45, 2.75) is 13.0 Å². The highest BCUT2D eigenvalue weighted by molar-refractivity contribution is 5.85. The molecule has 0 spiro atoms. The summed E-state index contributed by atoms with van der Waals surface area (Å²) >= 11 is 0. The van der Waals surface area contributed by atoms with Crippen molar-refractivity contribution >= 4 is 33.8 Å². The molecule has 0 fully saturated rings. The van der Waals surface area contributed by atoms with E-state index in [0.29, 0.717) is 0 Å². The lowest BCUT2D eigenvalue weighted by atomic mass is 10.0. The van der Waals surface area contributed by atoms with Crippen molar-refractivity contribution in [3.8, 4) is 0 Å². The molecular weight excluding hydrogens is 360 g/mol. The molecule has 0 aliphatic carbocycles. The first-order valence-corrected chi connectivity index (χ1v) is 9.72. The van der Waals surface area contributed by atoms with Crippen molar-refractivity contribution in [3.05, 3.63) is 102 Å². The van der Waals surface area contributed by atoms with Crippen molar-refractivity contribution in [2.24, 2.45) is 0 Å². The van der Waals surface area contributed by atoms with E-state index in [2.05, 4.69) is 36.4 Å². The Balaban J connectivity index is 1.66. The van der Waals surface area contributed by atoms with Gasteiger partial charge in [-0.2, -0.15) is 0 Å². The average molecular weight is 382 g/mol. The summed E-state index contributed by atoms with van der Waals surface area (Å²) in [5.74, 6) is 0. The van der Waals surface area contributed by atoms with Gasteiger partial charge < -0.3 is 9.47 Å². The van der Waals surface area contributed by atoms with Crippen LogP contribution in [0.1, 0.15) is 24.2 Å². The van der Waals surface area contributed by atoms with E-state index in [1.165, 1.54) is 10.8 Å². The fraction of sp³-hybridized carbons (Fsp3) is 0.115. The zero-order chi connectivity index (χ0) is 20.1. The van der Waals surface area contributed by atoms with Crippen molar-refractivity contribution in [3.63, 3.8) is 0 Å². The summed E-state index contributed by atoms with van der Waals surface area (Å²) in [4.78, 5) is 12.0. The molecule has 0 aliphatic rings. The number of hydrogen-bond acceptors (Lipinski definition) is 3. The second kappa shape index (κ2) is 8.61. The molecule has 0 heterocycles. The van der Waals surface area contributed by atoms with Crippen LogP contribution in [0.2, 0.25) is 0 Å². The smallest absolute Gasteiger partial charge is 0.435 e. The summed E-state index contributed by atoms with van der Waals surface area (Å²) in [7, 11) is 0. The van der Waals surface area contributed by atoms with Gasteiger partial charge in [-0.15, -0.1) is 0 Å². The molecule has 0 amide bonds. The fourth-order valence-electron chi connectivity index (χ4n) is 3.37. The fourth-order valence-corrected chi connectivity index (χ4v) is 3.37. The van der Waals surface area contributed by atoms with Gasteiger partial charge in [-0.3, -0.25) is 0 Å². The minimum Gasteiger partial charge on any atom is -0.435 e. The van der Waals surface area contributed by atoms with Crippen molar-refractivity contribution < 1.29 is 14.3 Å². The van der Waals surface area contributed by atoms with Crippen LogP contribution < -0.4 is 0 Å². The molecule has 4 aromatic rings. The largest absolute Gasteiger partial charge is 0.509 e. The number of hydrogen-bond donors (Lipinski definition) is 0. The summed E-state index contributed by atoms with van der Waals surface area (Å²) in [6.07, 6.45) is 2.66. The molecule has 0 aliphatic heterocycles. The van der Waals surface area contributed by atoms with Crippen LogP contribution in [0.3, 0.4) is 0 Å². The number of rotatable bonds is 5. The summed E-state index contributed by atoms with van der Waals surface area (Å²) in [6.45, 7) is 2.04. The van der Waals surface area contributed by atoms with Gasteiger partial charge >= 0.3 is 6.16 Å². The number of carbonyl (C=O) groups excluding carboxylic acids is 1. The molecule has 0 N–H and O–H groups in total. The van der Waals surface area contributed by atoms with Crippen LogP contribution in [0.25, 0.3) is 27.6 Å². The van der Waals surface area contributed by atoms with Gasteiger partial charge in [0.15, 0.2) is 0 Å². The van der Waals surface area contributed by atoms with E-state index in [0.717, 1.165) is 21.9 Å². The van der Waals surface area contributed by atoms with Crippen LogP contribution in [0.5, 0.6) is 0 Å². The summed E-state index contributed by atoms with van der Waals surface area (Å²) in [5.41, 5.74) is 1.94. The van der Waals surface area contributed by atoms with Crippen molar-refractivity contribution in [1.82, 2.24) is 0 Å². The number of benzene rings is 4. The van der Waals surface area contributed by atoms with Crippen LogP contribution >= 0.6 is 0 Å². The second-order valence-corrected chi connectivity index (χ2v) is 6.79. The predicted octanol–water partition coefficient (Wildman–Crippen LogP) is 6.92. The standard InChI is InChI=1S/C26H22O3/c1-2-28-26(27)29-25(24-15-14-21-8-4-6-10-23(21)18-24)16-12-19-11-13-20-7-3-5-9-22(20)17-19/h3-18,25H,2H2,1H3/b16-12+. The highest BCUT2D eigenvalue weighted by Crippen LogP contribution is 2.26. The average Bonchev–Trinajstić information content (AvgIpc) is 2.76. The number of carbonyl (C=O) groups is 1. The van der Waals surface area contributed by atoms with E-state index in [1.54, 1.807) is 6.92 Å². The van der Waals surface area contributed by atoms with Gasteiger partial charge in [0.1, 0.15) is 6.10 Å². The Hall–Kier alpha value is -3.59. The molecule has 1 atom stereocenters. The molecule has 3 nitrogen and oxygen atoms in total. The first-order valence-electron chi connectivity index (χ1n) is 9.72. The summed E-state index contributed by atoms with van der Waals surface area (Å²) < 4.78 is 10.6. The Bertz CT molecular complexity index is 1180. The number of fused-ring (bicyclic) bond motifs is 2. The quantitative estimate of drug-likeness (QED) is 0.351. The molecule has 144 valence electrons. The van der Waals surface area contributed by atoms with E-state index in [1.807, 2.05) is 60.7 Å². The Kier molecular flexibility index (Phi) is 5.57. The van der Waals surface area contributed by atoms with Crippen LogP contribution in [0.4, 0.5) is 4.79 Å². The lowest BCUT2D eigenvalue weighted by Gasteiger charge is -2.15. The van der Waals surface area contributed by atoms with Gasteiger partial charge in [0.25, 0.3) is 0 Å². The summed E-state index contributed by atoms with van der Waals surface area (Å²) in [5, 5.41) is 4.60. The monoisotopic (exact) mass is 382 g/mol. The van der Waals surface area contributed by atoms with E-state index in [4.69, 9.17) is 9.47 Å². The van der Waals surface area contributed by atoms with Gasteiger partial charge in [0, 0.05) is 0 Å². The third-order valence-electron chi connectivity index (χ3n) is 4.82. The molecule has 4 rings (SSSR count). The first kappa shape index (κ1) is 18.8. The maximum atomic E-state index is 12.0. The van der Waals surface area contributed by atoms with Gasteiger partial charge in [-0.1, -0.05) is 78.9 Å². The lowest BCUT2D eigenvalue weighted by molar-refractivity contribution is 0.0403. The molecule has 4 aromatic carbocycles. The SMILES string of the molecule is CCOC(=O)OC(/C=C/c1ccc2ccccc2c1)c1ccc2ccccc2c1. The van der Waals surface area contributed by atoms with Gasteiger partial charge in [-0.25, -0.2) is 4.79 Å². The zero-order valence-corrected chi connectivity index (χ0v) is 16.2. The van der Waals surface area contributed by atoms with Crippen LogP contribution in [-0.4, -0.2) is 12.8 Å². The van der Waals surface area contributed by atoms with Gasteiger partial charge in [-0.05, 0) is 57.8 Å². The zero-order valence-electron chi connectivity index (χ0n) is 16.2. The molecule has 0 aromatic heterocycles. The molecule has 0 saturated heterocycles. The molecule has 0 radical (unpaired) electrons. The van der Waals surface area contributed by atoms with Crippen LogP contribution in [0.15, 0.2) is 91.0 Å². The lowest BCUT2D eigenvalue weighted by Crippen LogP contribution is -2.11. The minimum atomic E-state index is -0.672. The second-order valence-electron chi connectivity index (χ2n) is 6.79. The van der Waals surface area contributed by atoms with E-state index >= 15 is 0 Å². The van der Waals surface area contributed by atoms with E-state index in [-0.39, 0.29) is 6.61 Å². The van der Waals surface area contributed by atoms with E-state index in [9.17, 15) is 4.79 Å². The third kappa shape index (κ3) is 4.46. The van der Waals surface area contributed by atoms with Crippen molar-refractivity contribution in [2.75, 3.05) is 6.61 Å². The maximum Gasteiger partial charge on any atom is 0.509 e. The van der Waals surface area contributed by atoms with Crippen LogP contribution in [-0.2, 0) is 9.47 Å². The topological polar surface area (TPSA) is 35.5 Å².